The molecule has 1 aromatic heterocycles. The second-order valence-electron chi connectivity index (χ2n) is 4.64. The smallest absolute Gasteiger partial charge is 0.475 e. The van der Waals surface area contributed by atoms with E-state index in [9.17, 15) is 13.2 Å². The SMILES string of the molecule is O=C(O)C(F)(F)F.c1ccc(N2C[C@@H]3C[C@H]2CN3)nc1. The first-order valence-corrected chi connectivity index (χ1v) is 6.09. The molecule has 110 valence electrons. The molecular weight excluding hydrogens is 275 g/mol. The lowest BCUT2D eigenvalue weighted by molar-refractivity contribution is -0.192. The van der Waals surface area contributed by atoms with Crippen LogP contribution in [-0.2, 0) is 4.79 Å². The summed E-state index contributed by atoms with van der Waals surface area (Å²) in [5.41, 5.74) is 0. The number of nitrogens with zero attached hydrogens (tertiary/aromatic N) is 2. The Balaban J connectivity index is 0.000000182. The average molecular weight is 289 g/mol. The molecule has 2 aliphatic heterocycles. The molecule has 2 N–H and O–H groups in total. The van der Waals surface area contributed by atoms with Gasteiger partial charge in [-0.3, -0.25) is 0 Å². The fraction of sp³-hybridized carbons (Fsp3) is 0.500. The van der Waals surface area contributed by atoms with E-state index < -0.39 is 12.1 Å². The molecule has 1 aromatic rings. The molecule has 0 aliphatic carbocycles. The van der Waals surface area contributed by atoms with Crippen LogP contribution in [0.1, 0.15) is 6.42 Å². The number of hydrogen-bond acceptors (Lipinski definition) is 4. The third-order valence-electron chi connectivity index (χ3n) is 3.24. The van der Waals surface area contributed by atoms with Crippen LogP contribution in [0.4, 0.5) is 19.0 Å². The number of aliphatic carboxylic acids is 1. The number of rotatable bonds is 1. The van der Waals surface area contributed by atoms with Crippen molar-refractivity contribution in [3.05, 3.63) is 24.4 Å². The van der Waals surface area contributed by atoms with E-state index >= 15 is 0 Å². The fourth-order valence-electron chi connectivity index (χ4n) is 2.37. The van der Waals surface area contributed by atoms with Crippen molar-refractivity contribution in [2.24, 2.45) is 0 Å². The van der Waals surface area contributed by atoms with Crippen molar-refractivity contribution in [2.45, 2.75) is 24.7 Å². The van der Waals surface area contributed by atoms with Crippen LogP contribution in [0.2, 0.25) is 0 Å². The number of nitrogens with one attached hydrogen (secondary N) is 1. The number of carboxylic acid groups (broad SMARTS) is 1. The van der Waals surface area contributed by atoms with Crippen LogP contribution in [0.3, 0.4) is 0 Å². The molecule has 2 saturated heterocycles. The molecule has 20 heavy (non-hydrogen) atoms. The molecule has 3 rings (SSSR count). The summed E-state index contributed by atoms with van der Waals surface area (Å²) in [5, 5.41) is 10.6. The highest BCUT2D eigenvalue weighted by molar-refractivity contribution is 5.73. The number of hydrogen-bond donors (Lipinski definition) is 2. The summed E-state index contributed by atoms with van der Waals surface area (Å²) in [6.45, 7) is 2.25. The van der Waals surface area contributed by atoms with E-state index in [2.05, 4.69) is 27.3 Å². The molecule has 0 unspecified atom stereocenters. The Morgan fingerprint density at radius 2 is 2.15 bits per heavy atom. The van der Waals surface area contributed by atoms with E-state index in [4.69, 9.17) is 9.90 Å². The zero-order valence-electron chi connectivity index (χ0n) is 10.5. The van der Waals surface area contributed by atoms with Crippen molar-refractivity contribution in [2.75, 3.05) is 18.0 Å². The number of fused-ring (bicyclic) bond motifs is 2. The number of pyridine rings is 1. The molecule has 2 bridgehead atoms. The van der Waals surface area contributed by atoms with E-state index in [0.717, 1.165) is 18.9 Å². The second-order valence-corrected chi connectivity index (χ2v) is 4.64. The first-order chi connectivity index (χ1) is 9.38. The third-order valence-corrected chi connectivity index (χ3v) is 3.24. The summed E-state index contributed by atoms with van der Waals surface area (Å²) in [4.78, 5) is 15.7. The number of carbonyl (C=O) groups is 1. The molecule has 8 heteroatoms. The van der Waals surface area contributed by atoms with Crippen molar-refractivity contribution in [1.29, 1.82) is 0 Å². The van der Waals surface area contributed by atoms with Gasteiger partial charge in [0.15, 0.2) is 0 Å². The van der Waals surface area contributed by atoms with Crippen LogP contribution in [-0.4, -0.2) is 47.4 Å². The lowest BCUT2D eigenvalue weighted by Crippen LogP contribution is -2.43. The molecule has 0 saturated carbocycles. The van der Waals surface area contributed by atoms with Crippen LogP contribution < -0.4 is 10.2 Å². The Bertz CT molecular complexity index is 467. The number of anilines is 1. The molecule has 2 aliphatic rings. The number of halogens is 3. The summed E-state index contributed by atoms with van der Waals surface area (Å²) in [6.07, 6.45) is -1.93. The van der Waals surface area contributed by atoms with Crippen molar-refractivity contribution >= 4 is 11.8 Å². The van der Waals surface area contributed by atoms with Crippen molar-refractivity contribution < 1.29 is 23.1 Å². The Hall–Kier alpha value is -1.83. The van der Waals surface area contributed by atoms with Crippen LogP contribution in [0.5, 0.6) is 0 Å². The molecule has 0 spiro atoms. The minimum atomic E-state index is -5.08. The maximum Gasteiger partial charge on any atom is 0.490 e. The van der Waals surface area contributed by atoms with Crippen molar-refractivity contribution in [1.82, 2.24) is 10.3 Å². The van der Waals surface area contributed by atoms with Crippen LogP contribution in [0.25, 0.3) is 0 Å². The van der Waals surface area contributed by atoms with Crippen molar-refractivity contribution in [3.8, 4) is 0 Å². The highest BCUT2D eigenvalue weighted by atomic mass is 19.4. The Morgan fingerprint density at radius 3 is 2.55 bits per heavy atom. The Kier molecular flexibility index (Phi) is 4.12. The van der Waals surface area contributed by atoms with E-state index in [-0.39, 0.29) is 0 Å². The maximum atomic E-state index is 10.6. The van der Waals surface area contributed by atoms with Crippen LogP contribution in [0, 0.1) is 0 Å². The number of alkyl halides is 3. The first kappa shape index (κ1) is 14.6. The van der Waals surface area contributed by atoms with Crippen LogP contribution >= 0.6 is 0 Å². The highest BCUT2D eigenvalue weighted by Crippen LogP contribution is 2.27. The molecule has 2 atom stereocenters. The maximum absolute atomic E-state index is 10.6. The molecule has 5 nitrogen and oxygen atoms in total. The van der Waals surface area contributed by atoms with Gasteiger partial charge in [0.25, 0.3) is 0 Å². The molecule has 0 aromatic carbocycles. The summed E-state index contributed by atoms with van der Waals surface area (Å²) in [6, 6.07) is 7.50. The quantitative estimate of drug-likeness (QED) is 0.815. The summed E-state index contributed by atoms with van der Waals surface area (Å²) in [5.74, 6) is -1.62. The molecule has 0 amide bonds. The standard InChI is InChI=1S/C10H13N3.C2HF3O2/c1-2-4-11-10(3-1)13-7-8-5-9(13)6-12-8;3-2(4,5)1(6)7/h1-4,8-9,12H,5-7H2;(H,6,7)/t8-,9-;/m0./s1. The van der Waals surface area contributed by atoms with E-state index in [0.29, 0.717) is 12.1 Å². The van der Waals surface area contributed by atoms with Gasteiger partial charge in [0, 0.05) is 31.4 Å². The minimum absolute atomic E-state index is 0.680. The van der Waals surface area contributed by atoms with Gasteiger partial charge in [-0.15, -0.1) is 0 Å². The predicted octanol–water partition coefficient (Wildman–Crippen LogP) is 1.27. The Labute approximate surface area is 113 Å². The van der Waals surface area contributed by atoms with E-state index in [1.807, 2.05) is 12.3 Å². The van der Waals surface area contributed by atoms with Crippen LogP contribution in [0.15, 0.2) is 24.4 Å². The van der Waals surface area contributed by atoms with E-state index in [1.165, 1.54) is 6.42 Å². The number of piperazine rings is 1. The van der Waals surface area contributed by atoms with Gasteiger partial charge in [-0.05, 0) is 18.6 Å². The van der Waals surface area contributed by atoms with Gasteiger partial charge < -0.3 is 15.3 Å². The summed E-state index contributed by atoms with van der Waals surface area (Å²) < 4.78 is 31.7. The normalized spacial score (nSPS) is 24.2. The first-order valence-electron chi connectivity index (χ1n) is 6.09. The minimum Gasteiger partial charge on any atom is -0.475 e. The lowest BCUT2D eigenvalue weighted by atomic mass is 10.2. The predicted molar refractivity (Wildman–Crippen MR) is 65.5 cm³/mol. The van der Waals surface area contributed by atoms with Crippen molar-refractivity contribution in [3.63, 3.8) is 0 Å². The van der Waals surface area contributed by atoms with Gasteiger partial charge in [-0.25, -0.2) is 9.78 Å². The zero-order chi connectivity index (χ0) is 14.8. The summed E-state index contributed by atoms with van der Waals surface area (Å²) >= 11 is 0. The van der Waals surface area contributed by atoms with E-state index in [1.54, 1.807) is 0 Å². The van der Waals surface area contributed by atoms with Gasteiger partial charge in [0.05, 0.1) is 0 Å². The summed E-state index contributed by atoms with van der Waals surface area (Å²) in [7, 11) is 0. The zero-order valence-corrected chi connectivity index (χ0v) is 10.5. The van der Waals surface area contributed by atoms with Gasteiger partial charge in [0.2, 0.25) is 0 Å². The average Bonchev–Trinajstić information content (AvgIpc) is 3.01. The largest absolute Gasteiger partial charge is 0.490 e. The Morgan fingerprint density at radius 1 is 1.45 bits per heavy atom. The number of aromatic nitrogens is 1. The van der Waals surface area contributed by atoms with Gasteiger partial charge in [-0.2, -0.15) is 13.2 Å². The number of carboxylic acids is 1. The second kappa shape index (κ2) is 5.66. The highest BCUT2D eigenvalue weighted by Gasteiger charge is 2.38. The fourth-order valence-corrected chi connectivity index (χ4v) is 2.37. The van der Waals surface area contributed by atoms with Gasteiger partial charge in [0.1, 0.15) is 5.82 Å². The van der Waals surface area contributed by atoms with Gasteiger partial charge >= 0.3 is 12.1 Å². The topological polar surface area (TPSA) is 65.5 Å². The molecule has 2 fully saturated rings. The molecular formula is C12H14F3N3O2. The third kappa shape index (κ3) is 3.38. The molecule has 0 radical (unpaired) electrons. The monoisotopic (exact) mass is 289 g/mol. The molecule has 3 heterocycles. The lowest BCUT2D eigenvalue weighted by Gasteiger charge is -2.28. The van der Waals surface area contributed by atoms with Gasteiger partial charge in [-0.1, -0.05) is 6.07 Å².